The Balaban J connectivity index is 1.92. The molecule has 3 heteroatoms. The average Bonchev–Trinajstić information content (AvgIpc) is 2.63. The lowest BCUT2D eigenvalue weighted by molar-refractivity contribution is 0.0546. The summed E-state index contributed by atoms with van der Waals surface area (Å²) >= 11 is 0. The number of rotatable bonds is 2. The van der Waals surface area contributed by atoms with Crippen molar-refractivity contribution in [3.63, 3.8) is 0 Å². The van der Waals surface area contributed by atoms with Crippen LogP contribution in [0.4, 0.5) is 4.39 Å². The molecule has 5 unspecified atom stereocenters. The van der Waals surface area contributed by atoms with Crippen molar-refractivity contribution in [2.75, 3.05) is 13.2 Å². The molecule has 0 saturated carbocycles. The minimum atomic E-state index is -0.176. The van der Waals surface area contributed by atoms with Crippen molar-refractivity contribution >= 4 is 0 Å². The Bertz CT molecular complexity index is 436. The molecule has 5 atom stereocenters. The molecule has 0 radical (unpaired) electrons. The van der Waals surface area contributed by atoms with Gasteiger partial charge in [0.1, 0.15) is 5.82 Å². The zero-order valence-corrected chi connectivity index (χ0v) is 10.7. The van der Waals surface area contributed by atoms with Gasteiger partial charge in [0, 0.05) is 18.0 Å². The fourth-order valence-corrected chi connectivity index (χ4v) is 3.86. The van der Waals surface area contributed by atoms with E-state index in [0.29, 0.717) is 12.0 Å². The summed E-state index contributed by atoms with van der Waals surface area (Å²) in [7, 11) is 0. The Kier molecular flexibility index (Phi) is 3.12. The third-order valence-electron chi connectivity index (χ3n) is 4.87. The van der Waals surface area contributed by atoms with Gasteiger partial charge in [-0.05, 0) is 49.9 Å². The number of nitrogens with zero attached hydrogens (tertiary/aromatic N) is 1. The van der Waals surface area contributed by atoms with Gasteiger partial charge in [0.25, 0.3) is 0 Å². The molecule has 18 heavy (non-hydrogen) atoms. The lowest BCUT2D eigenvalue weighted by Crippen LogP contribution is -2.49. The number of halogens is 1. The summed E-state index contributed by atoms with van der Waals surface area (Å²) in [4.78, 5) is 2.41. The number of hydrogen-bond acceptors (Lipinski definition) is 2. The highest BCUT2D eigenvalue weighted by atomic mass is 19.1. The highest BCUT2D eigenvalue weighted by Crippen LogP contribution is 2.44. The molecule has 2 aliphatic heterocycles. The third kappa shape index (κ3) is 1.86. The lowest BCUT2D eigenvalue weighted by atomic mass is 9.78. The van der Waals surface area contributed by atoms with Gasteiger partial charge in [-0.3, -0.25) is 4.90 Å². The maximum Gasteiger partial charge on any atom is 0.123 e. The molecule has 0 spiro atoms. The van der Waals surface area contributed by atoms with E-state index in [4.69, 9.17) is 0 Å². The molecule has 2 heterocycles. The zero-order chi connectivity index (χ0) is 12.7. The SMILES string of the molecule is CC1C2CCN1C(CO)C(c1cccc(F)c1)C2. The van der Waals surface area contributed by atoms with Crippen LogP contribution in [0.1, 0.15) is 31.2 Å². The van der Waals surface area contributed by atoms with Crippen LogP contribution in [-0.4, -0.2) is 35.2 Å². The van der Waals surface area contributed by atoms with Gasteiger partial charge in [0.15, 0.2) is 0 Å². The Morgan fingerprint density at radius 2 is 2.28 bits per heavy atom. The van der Waals surface area contributed by atoms with Crippen LogP contribution in [-0.2, 0) is 0 Å². The summed E-state index contributed by atoms with van der Waals surface area (Å²) in [5, 5.41) is 9.69. The van der Waals surface area contributed by atoms with E-state index in [1.165, 1.54) is 12.5 Å². The number of benzene rings is 1. The van der Waals surface area contributed by atoms with Gasteiger partial charge in [0.05, 0.1) is 6.61 Å². The average molecular weight is 249 g/mol. The maximum absolute atomic E-state index is 13.4. The van der Waals surface area contributed by atoms with Crippen LogP contribution in [0.2, 0.25) is 0 Å². The highest BCUT2D eigenvalue weighted by Gasteiger charge is 2.44. The fourth-order valence-electron chi connectivity index (χ4n) is 3.86. The Labute approximate surface area is 107 Å². The number of hydrogen-bond donors (Lipinski definition) is 1. The number of piperidine rings is 1. The number of aliphatic hydroxyl groups is 1. The van der Waals surface area contributed by atoms with E-state index in [9.17, 15) is 9.50 Å². The van der Waals surface area contributed by atoms with Crippen LogP contribution in [0.25, 0.3) is 0 Å². The third-order valence-corrected chi connectivity index (χ3v) is 4.87. The second kappa shape index (κ2) is 4.63. The molecule has 0 aliphatic carbocycles. The normalized spacial score (nSPS) is 38.9. The van der Waals surface area contributed by atoms with Gasteiger partial charge in [-0.2, -0.15) is 0 Å². The molecule has 0 aromatic heterocycles. The summed E-state index contributed by atoms with van der Waals surface area (Å²) in [6.07, 6.45) is 2.29. The predicted octanol–water partition coefficient (Wildman–Crippen LogP) is 2.38. The molecule has 2 nitrogen and oxygen atoms in total. The summed E-state index contributed by atoms with van der Waals surface area (Å²) in [5.41, 5.74) is 1.04. The first-order valence-corrected chi connectivity index (χ1v) is 6.82. The van der Waals surface area contributed by atoms with Crippen molar-refractivity contribution in [1.29, 1.82) is 0 Å². The Morgan fingerprint density at radius 1 is 1.44 bits per heavy atom. The van der Waals surface area contributed by atoms with Crippen LogP contribution < -0.4 is 0 Å². The molecule has 1 N–H and O–H groups in total. The molecule has 0 amide bonds. The second-order valence-corrected chi connectivity index (χ2v) is 5.67. The van der Waals surface area contributed by atoms with Crippen LogP contribution in [0.5, 0.6) is 0 Å². The molecule has 98 valence electrons. The van der Waals surface area contributed by atoms with Crippen LogP contribution in [0.15, 0.2) is 24.3 Å². The molecular weight excluding hydrogens is 229 g/mol. The van der Waals surface area contributed by atoms with Gasteiger partial charge in [-0.25, -0.2) is 4.39 Å². The van der Waals surface area contributed by atoms with Crippen molar-refractivity contribution in [2.45, 2.75) is 37.8 Å². The minimum Gasteiger partial charge on any atom is -0.395 e. The number of fused-ring (bicyclic) bond motifs is 2. The maximum atomic E-state index is 13.4. The van der Waals surface area contributed by atoms with Crippen molar-refractivity contribution < 1.29 is 9.50 Å². The summed E-state index contributed by atoms with van der Waals surface area (Å²) in [6.45, 7) is 3.49. The van der Waals surface area contributed by atoms with Gasteiger partial charge >= 0.3 is 0 Å². The molecule has 1 aromatic rings. The zero-order valence-electron chi connectivity index (χ0n) is 10.7. The van der Waals surface area contributed by atoms with Crippen molar-refractivity contribution in [2.24, 2.45) is 5.92 Å². The standard InChI is InChI=1S/C15H20FNO/c1-10-11-5-6-17(10)15(9-18)14(8-11)12-3-2-4-13(16)7-12/h2-4,7,10-11,14-15,18H,5-6,8-9H2,1H3. The molecule has 1 aromatic carbocycles. The van der Waals surface area contributed by atoms with E-state index < -0.39 is 0 Å². The molecule has 2 aliphatic rings. The van der Waals surface area contributed by atoms with Crippen LogP contribution in [0.3, 0.4) is 0 Å². The molecule has 2 saturated heterocycles. The fraction of sp³-hybridized carbons (Fsp3) is 0.600. The van der Waals surface area contributed by atoms with E-state index in [-0.39, 0.29) is 24.4 Å². The van der Waals surface area contributed by atoms with Gasteiger partial charge in [-0.15, -0.1) is 0 Å². The summed E-state index contributed by atoms with van der Waals surface area (Å²) in [6, 6.07) is 7.59. The lowest BCUT2D eigenvalue weighted by Gasteiger charge is -2.42. The summed E-state index contributed by atoms with van der Waals surface area (Å²) < 4.78 is 13.4. The molecule has 3 rings (SSSR count). The predicted molar refractivity (Wildman–Crippen MR) is 68.9 cm³/mol. The second-order valence-electron chi connectivity index (χ2n) is 5.67. The first kappa shape index (κ1) is 12.1. The minimum absolute atomic E-state index is 0.153. The van der Waals surface area contributed by atoms with Crippen molar-refractivity contribution in [3.8, 4) is 0 Å². The smallest absolute Gasteiger partial charge is 0.123 e. The van der Waals surface area contributed by atoms with Crippen LogP contribution in [0, 0.1) is 11.7 Å². The largest absolute Gasteiger partial charge is 0.395 e. The molecule has 2 bridgehead atoms. The molecule has 2 fully saturated rings. The van der Waals surface area contributed by atoms with Gasteiger partial charge in [0.2, 0.25) is 0 Å². The number of aliphatic hydroxyl groups excluding tert-OH is 1. The monoisotopic (exact) mass is 249 g/mol. The first-order chi connectivity index (χ1) is 8.70. The summed E-state index contributed by atoms with van der Waals surface area (Å²) in [5.74, 6) is 0.792. The highest BCUT2D eigenvalue weighted by molar-refractivity contribution is 5.24. The van der Waals surface area contributed by atoms with E-state index in [0.717, 1.165) is 18.5 Å². The van der Waals surface area contributed by atoms with E-state index in [1.807, 2.05) is 6.07 Å². The first-order valence-electron chi connectivity index (χ1n) is 6.82. The van der Waals surface area contributed by atoms with Gasteiger partial charge < -0.3 is 5.11 Å². The molecular formula is C15H20FNO. The van der Waals surface area contributed by atoms with Crippen molar-refractivity contribution in [1.82, 2.24) is 4.90 Å². The van der Waals surface area contributed by atoms with Gasteiger partial charge in [-0.1, -0.05) is 12.1 Å². The Hall–Kier alpha value is -0.930. The van der Waals surface area contributed by atoms with E-state index in [2.05, 4.69) is 11.8 Å². The quantitative estimate of drug-likeness (QED) is 0.870. The van der Waals surface area contributed by atoms with E-state index in [1.54, 1.807) is 12.1 Å². The Morgan fingerprint density at radius 3 is 3.00 bits per heavy atom. The van der Waals surface area contributed by atoms with E-state index >= 15 is 0 Å². The van der Waals surface area contributed by atoms with Crippen molar-refractivity contribution in [3.05, 3.63) is 35.6 Å². The van der Waals surface area contributed by atoms with Crippen LogP contribution >= 0.6 is 0 Å². The topological polar surface area (TPSA) is 23.5 Å².